The van der Waals surface area contributed by atoms with Gasteiger partial charge in [-0.15, -0.1) is 0 Å². The van der Waals surface area contributed by atoms with Gasteiger partial charge in [-0.2, -0.15) is 0 Å². The van der Waals surface area contributed by atoms with E-state index in [-0.39, 0.29) is 18.4 Å². The summed E-state index contributed by atoms with van der Waals surface area (Å²) in [5.74, 6) is 0.760. The first kappa shape index (κ1) is 22.4. The first-order valence-corrected chi connectivity index (χ1v) is 9.89. The molecule has 6 heteroatoms. The SMILES string of the molecule is CC[C@H](C)c1ccccc1NC(=O)[C@H](C)N(C)CC(=O)Nc1ccc(OC)cc1. The van der Waals surface area contributed by atoms with Gasteiger partial charge in [-0.25, -0.2) is 0 Å². The lowest BCUT2D eigenvalue weighted by molar-refractivity contribution is -0.122. The number of amides is 2. The maximum Gasteiger partial charge on any atom is 0.241 e. The quantitative estimate of drug-likeness (QED) is 0.668. The summed E-state index contributed by atoms with van der Waals surface area (Å²) in [6.45, 7) is 6.17. The molecule has 2 aromatic rings. The first-order chi connectivity index (χ1) is 13.8. The molecule has 156 valence electrons. The van der Waals surface area contributed by atoms with Crippen LogP contribution in [0.3, 0.4) is 0 Å². The second-order valence-corrected chi connectivity index (χ2v) is 7.25. The maximum atomic E-state index is 12.7. The standard InChI is InChI=1S/C23H31N3O3/c1-6-16(2)20-9-7-8-10-21(20)25-23(28)17(3)26(4)15-22(27)24-18-11-13-19(29-5)14-12-18/h7-14,16-17H,6,15H2,1-5H3,(H,24,27)(H,25,28)/t16-,17-/m0/s1. The van der Waals surface area contributed by atoms with Gasteiger partial charge in [-0.05, 0) is 62.2 Å². The zero-order valence-electron chi connectivity index (χ0n) is 17.9. The van der Waals surface area contributed by atoms with E-state index in [9.17, 15) is 9.59 Å². The van der Waals surface area contributed by atoms with Crippen molar-refractivity contribution in [1.29, 1.82) is 0 Å². The van der Waals surface area contributed by atoms with Gasteiger partial charge in [-0.3, -0.25) is 14.5 Å². The molecule has 0 aliphatic carbocycles. The molecule has 0 radical (unpaired) electrons. The summed E-state index contributed by atoms with van der Waals surface area (Å²) in [5.41, 5.74) is 2.63. The highest BCUT2D eigenvalue weighted by Gasteiger charge is 2.21. The van der Waals surface area contributed by atoms with E-state index in [0.29, 0.717) is 11.6 Å². The third-order valence-corrected chi connectivity index (χ3v) is 5.17. The van der Waals surface area contributed by atoms with Crippen LogP contribution in [0.4, 0.5) is 11.4 Å². The van der Waals surface area contributed by atoms with Crippen molar-refractivity contribution in [2.45, 2.75) is 39.2 Å². The molecule has 6 nitrogen and oxygen atoms in total. The fourth-order valence-electron chi connectivity index (χ4n) is 2.94. The molecule has 2 atom stereocenters. The Balaban J connectivity index is 1.94. The fraction of sp³-hybridized carbons (Fsp3) is 0.391. The van der Waals surface area contributed by atoms with Crippen LogP contribution in [0, 0.1) is 0 Å². The fourth-order valence-corrected chi connectivity index (χ4v) is 2.94. The van der Waals surface area contributed by atoms with Crippen molar-refractivity contribution in [2.75, 3.05) is 31.3 Å². The van der Waals surface area contributed by atoms with Crippen LogP contribution in [0.25, 0.3) is 0 Å². The Hall–Kier alpha value is -2.86. The van der Waals surface area contributed by atoms with Crippen molar-refractivity contribution < 1.29 is 14.3 Å². The van der Waals surface area contributed by atoms with Crippen molar-refractivity contribution in [1.82, 2.24) is 4.90 Å². The van der Waals surface area contributed by atoms with Crippen molar-refractivity contribution in [3.8, 4) is 5.75 Å². The van der Waals surface area contributed by atoms with E-state index in [1.54, 1.807) is 50.2 Å². The van der Waals surface area contributed by atoms with E-state index < -0.39 is 6.04 Å². The number of likely N-dealkylation sites (N-methyl/N-ethyl adjacent to an activating group) is 1. The molecule has 29 heavy (non-hydrogen) atoms. The number of methoxy groups -OCH3 is 1. The van der Waals surface area contributed by atoms with Crippen LogP contribution >= 0.6 is 0 Å². The van der Waals surface area contributed by atoms with Crippen LogP contribution in [-0.4, -0.2) is 43.5 Å². The Kier molecular flexibility index (Phi) is 8.21. The molecular weight excluding hydrogens is 366 g/mol. The van der Waals surface area contributed by atoms with E-state index in [1.807, 2.05) is 24.3 Å². The summed E-state index contributed by atoms with van der Waals surface area (Å²) in [6.07, 6.45) is 0.994. The molecule has 2 rings (SSSR count). The van der Waals surface area contributed by atoms with E-state index >= 15 is 0 Å². The zero-order chi connectivity index (χ0) is 21.4. The average Bonchev–Trinajstić information content (AvgIpc) is 2.73. The number of carbonyl (C=O) groups excluding carboxylic acids is 2. The molecule has 0 heterocycles. The lowest BCUT2D eigenvalue weighted by atomic mass is 9.97. The molecule has 2 aromatic carbocycles. The van der Waals surface area contributed by atoms with Gasteiger partial charge in [0, 0.05) is 11.4 Å². The number of hydrogen-bond acceptors (Lipinski definition) is 4. The molecular formula is C23H31N3O3. The predicted molar refractivity (Wildman–Crippen MR) is 117 cm³/mol. The van der Waals surface area contributed by atoms with Crippen LogP contribution in [-0.2, 0) is 9.59 Å². The Bertz CT molecular complexity index is 820. The van der Waals surface area contributed by atoms with E-state index in [1.165, 1.54) is 0 Å². The smallest absolute Gasteiger partial charge is 0.241 e. The van der Waals surface area contributed by atoms with E-state index in [0.717, 1.165) is 23.4 Å². The highest BCUT2D eigenvalue weighted by atomic mass is 16.5. The predicted octanol–water partition coefficient (Wildman–Crippen LogP) is 4.11. The van der Waals surface area contributed by atoms with Crippen molar-refractivity contribution in [3.05, 3.63) is 54.1 Å². The number of para-hydroxylation sites is 1. The Morgan fingerprint density at radius 2 is 1.69 bits per heavy atom. The zero-order valence-corrected chi connectivity index (χ0v) is 17.9. The Labute approximate surface area is 173 Å². The third-order valence-electron chi connectivity index (χ3n) is 5.17. The first-order valence-electron chi connectivity index (χ1n) is 9.89. The number of carbonyl (C=O) groups is 2. The summed E-state index contributed by atoms with van der Waals surface area (Å²) < 4.78 is 5.11. The van der Waals surface area contributed by atoms with E-state index in [2.05, 4.69) is 24.5 Å². The molecule has 0 aliphatic heterocycles. The number of benzene rings is 2. The Morgan fingerprint density at radius 3 is 2.31 bits per heavy atom. The van der Waals surface area contributed by atoms with Gasteiger partial charge in [0.1, 0.15) is 5.75 Å². The highest BCUT2D eigenvalue weighted by Crippen LogP contribution is 2.26. The molecule has 0 saturated heterocycles. The number of hydrogen-bond donors (Lipinski definition) is 2. The van der Waals surface area contributed by atoms with Crippen LogP contribution in [0.2, 0.25) is 0 Å². The normalized spacial score (nSPS) is 12.9. The molecule has 2 amide bonds. The number of ether oxygens (including phenoxy) is 1. The minimum Gasteiger partial charge on any atom is -0.497 e. The molecule has 0 saturated carbocycles. The van der Waals surface area contributed by atoms with Gasteiger partial charge in [0.25, 0.3) is 0 Å². The summed E-state index contributed by atoms with van der Waals surface area (Å²) >= 11 is 0. The molecule has 0 bridgehead atoms. The topological polar surface area (TPSA) is 70.7 Å². The monoisotopic (exact) mass is 397 g/mol. The van der Waals surface area contributed by atoms with Crippen molar-refractivity contribution in [2.24, 2.45) is 0 Å². The summed E-state index contributed by atoms with van der Waals surface area (Å²) in [5, 5.41) is 5.85. The third kappa shape index (κ3) is 6.32. The van der Waals surface area contributed by atoms with Gasteiger partial charge >= 0.3 is 0 Å². The number of anilines is 2. The molecule has 2 N–H and O–H groups in total. The van der Waals surface area contributed by atoms with Crippen LogP contribution in [0.5, 0.6) is 5.75 Å². The highest BCUT2D eigenvalue weighted by molar-refractivity contribution is 5.96. The van der Waals surface area contributed by atoms with Gasteiger partial charge < -0.3 is 15.4 Å². The number of rotatable bonds is 9. The maximum absolute atomic E-state index is 12.7. The summed E-state index contributed by atoms with van der Waals surface area (Å²) in [4.78, 5) is 26.8. The van der Waals surface area contributed by atoms with Crippen molar-refractivity contribution in [3.63, 3.8) is 0 Å². The minimum atomic E-state index is -0.457. The van der Waals surface area contributed by atoms with Crippen molar-refractivity contribution >= 4 is 23.2 Å². The van der Waals surface area contributed by atoms with Gasteiger partial charge in [0.2, 0.25) is 11.8 Å². The average molecular weight is 398 g/mol. The van der Waals surface area contributed by atoms with Gasteiger partial charge in [0.15, 0.2) is 0 Å². The minimum absolute atomic E-state index is 0.105. The summed E-state index contributed by atoms with van der Waals surface area (Å²) in [7, 11) is 3.36. The lowest BCUT2D eigenvalue weighted by Gasteiger charge is -2.24. The van der Waals surface area contributed by atoms with Crippen LogP contribution in [0.1, 0.15) is 38.7 Å². The molecule has 0 aromatic heterocycles. The largest absolute Gasteiger partial charge is 0.497 e. The summed E-state index contributed by atoms with van der Waals surface area (Å²) in [6, 6.07) is 14.5. The molecule has 0 spiro atoms. The second kappa shape index (κ2) is 10.6. The molecule has 0 aliphatic rings. The van der Waals surface area contributed by atoms with Gasteiger partial charge in [-0.1, -0.05) is 32.0 Å². The second-order valence-electron chi connectivity index (χ2n) is 7.25. The van der Waals surface area contributed by atoms with Crippen LogP contribution in [0.15, 0.2) is 48.5 Å². The lowest BCUT2D eigenvalue weighted by Crippen LogP contribution is -2.43. The van der Waals surface area contributed by atoms with E-state index in [4.69, 9.17) is 4.74 Å². The Morgan fingerprint density at radius 1 is 1.03 bits per heavy atom. The molecule has 0 unspecified atom stereocenters. The van der Waals surface area contributed by atoms with Gasteiger partial charge in [0.05, 0.1) is 19.7 Å². The van der Waals surface area contributed by atoms with Crippen LogP contribution < -0.4 is 15.4 Å². The number of nitrogens with zero attached hydrogens (tertiary/aromatic N) is 1. The molecule has 0 fully saturated rings. The number of nitrogens with one attached hydrogen (secondary N) is 2.